The number of aromatic nitrogens is 1. The van der Waals surface area contributed by atoms with Crippen LogP contribution < -0.4 is 22.1 Å². The van der Waals surface area contributed by atoms with Gasteiger partial charge in [-0.3, -0.25) is 9.79 Å². The van der Waals surface area contributed by atoms with Gasteiger partial charge in [-0.2, -0.15) is 0 Å². The summed E-state index contributed by atoms with van der Waals surface area (Å²) >= 11 is 0. The number of allylic oxidation sites excluding steroid dienone is 1. The Morgan fingerprint density at radius 2 is 2.16 bits per heavy atom. The first-order valence-corrected chi connectivity index (χ1v) is 8.75. The van der Waals surface area contributed by atoms with Gasteiger partial charge in [-0.15, -0.1) is 0 Å². The van der Waals surface area contributed by atoms with Gasteiger partial charge in [0.15, 0.2) is 0 Å². The van der Waals surface area contributed by atoms with Crippen molar-refractivity contribution in [3.8, 4) is 0 Å². The highest BCUT2D eigenvalue weighted by Crippen LogP contribution is 2.31. The van der Waals surface area contributed by atoms with Gasteiger partial charge in [-0.05, 0) is 30.9 Å². The Balaban J connectivity index is 2.06. The summed E-state index contributed by atoms with van der Waals surface area (Å²) in [4.78, 5) is 21.1. The normalized spacial score (nSPS) is 23.6. The standard InChI is InChI=1S/C18H26N6O/c1-10-12-9-22-18(25)15(12)16(11(7-19)8-21-2)24-17(10)23-14-6-4-3-5-13(14)20/h7-8,13-14H,3-6,9,19-20H2,1-2H3,(H,22,25)(H,23,24). The smallest absolute Gasteiger partial charge is 0.254 e. The first-order chi connectivity index (χ1) is 12.1. The monoisotopic (exact) mass is 342 g/mol. The molecule has 2 aliphatic rings. The van der Waals surface area contributed by atoms with Crippen molar-refractivity contribution in [2.24, 2.45) is 16.5 Å². The third kappa shape index (κ3) is 3.24. The molecule has 25 heavy (non-hydrogen) atoms. The lowest BCUT2D eigenvalue weighted by atomic mass is 9.90. The van der Waals surface area contributed by atoms with Crippen molar-refractivity contribution in [2.75, 3.05) is 12.4 Å². The maximum Gasteiger partial charge on any atom is 0.254 e. The van der Waals surface area contributed by atoms with E-state index in [2.05, 4.69) is 15.6 Å². The number of carbonyl (C=O) groups is 1. The predicted octanol–water partition coefficient (Wildman–Crippen LogP) is 1.32. The number of carbonyl (C=O) groups excluding carboxylic acids is 1. The van der Waals surface area contributed by atoms with E-state index in [-0.39, 0.29) is 18.0 Å². The maximum atomic E-state index is 12.3. The fourth-order valence-electron chi connectivity index (χ4n) is 3.63. The molecule has 1 aromatic rings. The number of rotatable bonds is 4. The van der Waals surface area contributed by atoms with E-state index in [1.54, 1.807) is 13.3 Å². The van der Waals surface area contributed by atoms with Crippen molar-refractivity contribution >= 4 is 23.5 Å². The molecular formula is C18H26N6O. The number of nitrogens with one attached hydrogen (secondary N) is 2. The van der Waals surface area contributed by atoms with E-state index in [0.29, 0.717) is 23.4 Å². The van der Waals surface area contributed by atoms with Crippen LogP contribution in [-0.4, -0.2) is 36.2 Å². The molecule has 3 rings (SSSR count). The van der Waals surface area contributed by atoms with Gasteiger partial charge < -0.3 is 22.1 Å². The van der Waals surface area contributed by atoms with Gasteiger partial charge in [0.1, 0.15) is 5.82 Å². The van der Waals surface area contributed by atoms with Crippen molar-refractivity contribution in [2.45, 2.75) is 51.2 Å². The van der Waals surface area contributed by atoms with Gasteiger partial charge in [-0.25, -0.2) is 4.98 Å². The quantitative estimate of drug-likeness (QED) is 0.615. The Kier molecular flexibility index (Phi) is 5.03. The number of aliphatic imine (C=N–C) groups is 1. The van der Waals surface area contributed by atoms with E-state index in [4.69, 9.17) is 16.5 Å². The molecule has 134 valence electrons. The van der Waals surface area contributed by atoms with Gasteiger partial charge in [0.25, 0.3) is 5.91 Å². The Hall–Kier alpha value is -2.41. The van der Waals surface area contributed by atoms with E-state index in [1.165, 1.54) is 19.0 Å². The molecule has 7 heteroatoms. The molecule has 0 bridgehead atoms. The summed E-state index contributed by atoms with van der Waals surface area (Å²) in [6, 6.07) is 0.314. The van der Waals surface area contributed by atoms with Crippen LogP contribution in [-0.2, 0) is 6.54 Å². The van der Waals surface area contributed by atoms with E-state index >= 15 is 0 Å². The van der Waals surface area contributed by atoms with Crippen LogP contribution in [0.15, 0.2) is 11.2 Å². The van der Waals surface area contributed by atoms with Gasteiger partial charge in [0.05, 0.1) is 11.3 Å². The molecule has 1 aliphatic heterocycles. The second kappa shape index (κ2) is 7.23. The van der Waals surface area contributed by atoms with Crippen LogP contribution in [0.3, 0.4) is 0 Å². The molecule has 0 spiro atoms. The second-order valence-electron chi connectivity index (χ2n) is 6.68. The van der Waals surface area contributed by atoms with Crippen LogP contribution in [0.1, 0.15) is 52.9 Å². The minimum Gasteiger partial charge on any atom is -0.404 e. The van der Waals surface area contributed by atoms with E-state index in [9.17, 15) is 4.79 Å². The Morgan fingerprint density at radius 1 is 1.40 bits per heavy atom. The molecule has 2 unspecified atom stereocenters. The van der Waals surface area contributed by atoms with E-state index < -0.39 is 0 Å². The molecular weight excluding hydrogens is 316 g/mol. The molecule has 0 radical (unpaired) electrons. The third-order valence-electron chi connectivity index (χ3n) is 5.09. The molecule has 1 saturated carbocycles. The summed E-state index contributed by atoms with van der Waals surface area (Å²) in [6.07, 6.45) is 7.45. The number of hydrogen-bond acceptors (Lipinski definition) is 6. The van der Waals surface area contributed by atoms with E-state index in [1.807, 2.05) is 6.92 Å². The average Bonchev–Trinajstić information content (AvgIpc) is 3.00. The van der Waals surface area contributed by atoms with Gasteiger partial charge in [0, 0.05) is 43.7 Å². The zero-order valence-electron chi connectivity index (χ0n) is 14.8. The number of nitrogens with two attached hydrogens (primary N) is 2. The molecule has 0 aromatic carbocycles. The van der Waals surface area contributed by atoms with Crippen LogP contribution in [0.25, 0.3) is 5.57 Å². The first kappa shape index (κ1) is 17.4. The largest absolute Gasteiger partial charge is 0.404 e. The lowest BCUT2D eigenvalue weighted by Gasteiger charge is -2.30. The molecule has 2 heterocycles. The molecule has 0 saturated heterocycles. The number of amides is 1. The van der Waals surface area contributed by atoms with Gasteiger partial charge in [-0.1, -0.05) is 12.8 Å². The average molecular weight is 342 g/mol. The Labute approximate surface area is 148 Å². The van der Waals surface area contributed by atoms with Gasteiger partial charge in [0.2, 0.25) is 0 Å². The minimum absolute atomic E-state index is 0.119. The summed E-state index contributed by atoms with van der Waals surface area (Å²) in [5.41, 5.74) is 15.8. The molecule has 1 fully saturated rings. The summed E-state index contributed by atoms with van der Waals surface area (Å²) < 4.78 is 0. The highest BCUT2D eigenvalue weighted by atomic mass is 16.1. The first-order valence-electron chi connectivity index (χ1n) is 8.75. The fraction of sp³-hybridized carbons (Fsp3) is 0.500. The highest BCUT2D eigenvalue weighted by Gasteiger charge is 2.30. The molecule has 6 N–H and O–H groups in total. The zero-order valence-corrected chi connectivity index (χ0v) is 14.8. The summed E-state index contributed by atoms with van der Waals surface area (Å²) in [5, 5.41) is 6.40. The van der Waals surface area contributed by atoms with Crippen LogP contribution in [0, 0.1) is 6.92 Å². The van der Waals surface area contributed by atoms with E-state index in [0.717, 1.165) is 29.8 Å². The summed E-state index contributed by atoms with van der Waals surface area (Å²) in [5.74, 6) is 0.654. The second-order valence-corrected chi connectivity index (χ2v) is 6.68. The van der Waals surface area contributed by atoms with Crippen molar-refractivity contribution < 1.29 is 4.79 Å². The van der Waals surface area contributed by atoms with Gasteiger partial charge >= 0.3 is 0 Å². The third-order valence-corrected chi connectivity index (χ3v) is 5.09. The highest BCUT2D eigenvalue weighted by molar-refractivity contribution is 6.14. The topological polar surface area (TPSA) is 118 Å². The minimum atomic E-state index is -0.120. The number of nitrogens with zero attached hydrogens (tertiary/aromatic N) is 2. The molecule has 1 aromatic heterocycles. The number of hydrogen-bond donors (Lipinski definition) is 4. The maximum absolute atomic E-state index is 12.3. The van der Waals surface area contributed by atoms with Crippen LogP contribution in [0.2, 0.25) is 0 Å². The fourth-order valence-corrected chi connectivity index (χ4v) is 3.63. The van der Waals surface area contributed by atoms with Crippen molar-refractivity contribution in [3.63, 3.8) is 0 Å². The molecule has 2 atom stereocenters. The van der Waals surface area contributed by atoms with Crippen LogP contribution in [0.4, 0.5) is 5.82 Å². The van der Waals surface area contributed by atoms with Crippen molar-refractivity contribution in [1.82, 2.24) is 10.3 Å². The summed E-state index contributed by atoms with van der Waals surface area (Å²) in [7, 11) is 1.66. The zero-order chi connectivity index (χ0) is 18.0. The lowest BCUT2D eigenvalue weighted by Crippen LogP contribution is -2.43. The van der Waals surface area contributed by atoms with Crippen molar-refractivity contribution in [3.05, 3.63) is 28.6 Å². The Morgan fingerprint density at radius 3 is 2.84 bits per heavy atom. The molecule has 1 aliphatic carbocycles. The number of fused-ring (bicyclic) bond motifs is 1. The van der Waals surface area contributed by atoms with Crippen LogP contribution >= 0.6 is 0 Å². The number of anilines is 1. The predicted molar refractivity (Wildman–Crippen MR) is 101 cm³/mol. The molecule has 1 amide bonds. The molecule has 7 nitrogen and oxygen atoms in total. The summed E-state index contributed by atoms with van der Waals surface area (Å²) in [6.45, 7) is 2.49. The number of pyridine rings is 1. The van der Waals surface area contributed by atoms with Crippen LogP contribution in [0.5, 0.6) is 0 Å². The lowest BCUT2D eigenvalue weighted by molar-refractivity contribution is 0.0965. The van der Waals surface area contributed by atoms with Crippen molar-refractivity contribution in [1.29, 1.82) is 0 Å². The SMILES string of the molecule is CN=CC(=CN)c1nc(NC2CCCCC2N)c(C)c2c1C(=O)NC2. The Bertz CT molecular complexity index is 740.